The first-order valence-electron chi connectivity index (χ1n) is 12.0. The zero-order valence-electron chi connectivity index (χ0n) is 19.1. The van der Waals surface area contributed by atoms with Gasteiger partial charge in [-0.25, -0.2) is 9.97 Å². The van der Waals surface area contributed by atoms with Crippen LogP contribution in [0.25, 0.3) is 0 Å². The summed E-state index contributed by atoms with van der Waals surface area (Å²) in [5.74, 6) is 1.83. The topological polar surface area (TPSA) is 35.5 Å². The Balaban J connectivity index is 1.35. The van der Waals surface area contributed by atoms with Crippen LogP contribution in [-0.4, -0.2) is 64.1 Å². The fourth-order valence-electron chi connectivity index (χ4n) is 5.70. The van der Waals surface area contributed by atoms with Crippen LogP contribution >= 0.6 is 0 Å². The molecule has 1 aromatic rings. The summed E-state index contributed by atoms with van der Waals surface area (Å²) in [5.41, 5.74) is 1.53. The molecule has 5 nitrogen and oxygen atoms in total. The van der Waals surface area contributed by atoms with Gasteiger partial charge < -0.3 is 9.80 Å². The highest BCUT2D eigenvalue weighted by molar-refractivity contribution is 5.38. The van der Waals surface area contributed by atoms with E-state index in [1.165, 1.54) is 63.5 Å². The molecule has 0 amide bonds. The van der Waals surface area contributed by atoms with E-state index in [0.717, 1.165) is 31.5 Å². The third-order valence-corrected chi connectivity index (χ3v) is 7.87. The molecule has 4 rings (SSSR count). The van der Waals surface area contributed by atoms with Crippen molar-refractivity contribution in [1.82, 2.24) is 19.8 Å². The van der Waals surface area contributed by atoms with E-state index in [1.54, 1.807) is 0 Å². The third-order valence-electron chi connectivity index (χ3n) is 7.87. The van der Waals surface area contributed by atoms with Gasteiger partial charge in [0.2, 0.25) is 5.95 Å². The second-order valence-corrected chi connectivity index (χ2v) is 10.5. The van der Waals surface area contributed by atoms with Crippen molar-refractivity contribution in [2.45, 2.75) is 96.3 Å². The monoisotopic (exact) mass is 399 g/mol. The molecule has 162 valence electrons. The molecule has 2 bridgehead atoms. The Labute approximate surface area is 177 Å². The second kappa shape index (κ2) is 8.89. The molecule has 3 fully saturated rings. The number of hydrogen-bond donors (Lipinski definition) is 0. The fraction of sp³-hybridized carbons (Fsp3) is 0.833. The minimum absolute atomic E-state index is 0.292. The van der Waals surface area contributed by atoms with Crippen LogP contribution in [0, 0.1) is 5.92 Å². The van der Waals surface area contributed by atoms with E-state index in [-0.39, 0.29) is 0 Å². The zero-order valence-corrected chi connectivity index (χ0v) is 19.1. The summed E-state index contributed by atoms with van der Waals surface area (Å²) < 4.78 is 0. The van der Waals surface area contributed by atoms with Crippen molar-refractivity contribution < 1.29 is 0 Å². The third kappa shape index (κ3) is 4.77. The highest BCUT2D eigenvalue weighted by Crippen LogP contribution is 2.36. The highest BCUT2D eigenvalue weighted by Gasteiger charge is 2.44. The van der Waals surface area contributed by atoms with Crippen LogP contribution in [-0.2, 0) is 6.54 Å². The lowest BCUT2D eigenvalue weighted by Crippen LogP contribution is -2.59. The molecular weight excluding hydrogens is 358 g/mol. The average molecular weight is 400 g/mol. The summed E-state index contributed by atoms with van der Waals surface area (Å²) in [4.78, 5) is 17.3. The van der Waals surface area contributed by atoms with E-state index in [4.69, 9.17) is 9.97 Å². The SMILES string of the molecule is CCC(C)(C)N1CC2CCC(C1)N2c1ncc(CN(C)CC2CCCCC2)cn1. The number of hydrogen-bond acceptors (Lipinski definition) is 5. The van der Waals surface area contributed by atoms with Crippen LogP contribution in [0.1, 0.15) is 77.7 Å². The van der Waals surface area contributed by atoms with E-state index in [9.17, 15) is 0 Å². The van der Waals surface area contributed by atoms with Gasteiger partial charge in [0.25, 0.3) is 0 Å². The van der Waals surface area contributed by atoms with Crippen molar-refractivity contribution in [2.24, 2.45) is 5.92 Å². The van der Waals surface area contributed by atoms with E-state index in [1.807, 2.05) is 0 Å². The molecule has 2 atom stereocenters. The standard InChI is InChI=1S/C24H41N5/c1-5-24(2,3)28-17-21-11-12-22(18-28)29(21)23-25-13-20(14-26-23)16-27(4)15-19-9-7-6-8-10-19/h13-14,19,21-22H,5-12,15-18H2,1-4H3. The minimum Gasteiger partial charge on any atom is -0.332 e. The lowest BCUT2D eigenvalue weighted by Gasteiger charge is -2.47. The highest BCUT2D eigenvalue weighted by atomic mass is 15.4. The average Bonchev–Trinajstić information content (AvgIpc) is 2.98. The fourth-order valence-corrected chi connectivity index (χ4v) is 5.70. The number of fused-ring (bicyclic) bond motifs is 2. The number of aromatic nitrogens is 2. The van der Waals surface area contributed by atoms with Crippen molar-refractivity contribution in [1.29, 1.82) is 0 Å². The Morgan fingerprint density at radius 2 is 1.62 bits per heavy atom. The van der Waals surface area contributed by atoms with E-state index in [2.05, 4.69) is 54.9 Å². The molecule has 0 N–H and O–H groups in total. The predicted molar refractivity (Wildman–Crippen MR) is 120 cm³/mol. The Morgan fingerprint density at radius 1 is 1.00 bits per heavy atom. The van der Waals surface area contributed by atoms with Gasteiger partial charge in [0.05, 0.1) is 0 Å². The van der Waals surface area contributed by atoms with Gasteiger partial charge in [-0.05, 0) is 58.9 Å². The molecule has 1 aliphatic carbocycles. The van der Waals surface area contributed by atoms with Crippen LogP contribution in [0.2, 0.25) is 0 Å². The number of anilines is 1. The van der Waals surface area contributed by atoms with E-state index < -0.39 is 0 Å². The summed E-state index contributed by atoms with van der Waals surface area (Å²) in [6, 6.07) is 1.14. The van der Waals surface area contributed by atoms with Gasteiger partial charge >= 0.3 is 0 Å². The summed E-state index contributed by atoms with van der Waals surface area (Å²) in [7, 11) is 2.25. The van der Waals surface area contributed by atoms with Gasteiger partial charge in [-0.1, -0.05) is 26.2 Å². The molecule has 1 saturated carbocycles. The number of likely N-dealkylation sites (tertiary alicyclic amines) is 1. The van der Waals surface area contributed by atoms with Gasteiger partial charge in [0, 0.05) is 61.8 Å². The van der Waals surface area contributed by atoms with Crippen LogP contribution in [0.3, 0.4) is 0 Å². The maximum absolute atomic E-state index is 4.82. The van der Waals surface area contributed by atoms with Gasteiger partial charge in [-0.2, -0.15) is 0 Å². The van der Waals surface area contributed by atoms with Gasteiger partial charge in [-0.15, -0.1) is 0 Å². The molecule has 2 unspecified atom stereocenters. The minimum atomic E-state index is 0.292. The molecule has 0 spiro atoms. The van der Waals surface area contributed by atoms with Crippen molar-refractivity contribution >= 4 is 5.95 Å². The summed E-state index contributed by atoms with van der Waals surface area (Å²) in [6.45, 7) is 11.5. The molecule has 5 heteroatoms. The van der Waals surface area contributed by atoms with Crippen LogP contribution < -0.4 is 4.90 Å². The molecule has 3 heterocycles. The summed E-state index contributed by atoms with van der Waals surface area (Å²) in [6.07, 6.45) is 15.0. The molecule has 3 aliphatic rings. The van der Waals surface area contributed by atoms with E-state index in [0.29, 0.717) is 17.6 Å². The van der Waals surface area contributed by atoms with Crippen LogP contribution in [0.15, 0.2) is 12.4 Å². The Kier molecular flexibility index (Phi) is 6.45. The van der Waals surface area contributed by atoms with Crippen LogP contribution in [0.4, 0.5) is 5.95 Å². The molecule has 0 aromatic carbocycles. The zero-order chi connectivity index (χ0) is 20.4. The Bertz CT molecular complexity index is 638. The molecule has 0 radical (unpaired) electrons. The maximum atomic E-state index is 4.82. The van der Waals surface area contributed by atoms with Crippen molar-refractivity contribution in [2.75, 3.05) is 31.6 Å². The lowest BCUT2D eigenvalue weighted by atomic mass is 9.89. The first-order chi connectivity index (χ1) is 14.0. The Hall–Kier alpha value is -1.20. The Morgan fingerprint density at radius 3 is 2.21 bits per heavy atom. The molecular formula is C24H41N5. The molecule has 29 heavy (non-hydrogen) atoms. The second-order valence-electron chi connectivity index (χ2n) is 10.5. The number of nitrogens with zero attached hydrogens (tertiary/aromatic N) is 5. The van der Waals surface area contributed by atoms with Crippen molar-refractivity contribution in [3.8, 4) is 0 Å². The number of piperazine rings is 1. The normalized spacial score (nSPS) is 26.4. The first-order valence-corrected chi connectivity index (χ1v) is 12.0. The summed E-state index contributed by atoms with van der Waals surface area (Å²) in [5, 5.41) is 0. The predicted octanol–water partition coefficient (Wildman–Crippen LogP) is 4.33. The first kappa shape index (κ1) is 21.0. The van der Waals surface area contributed by atoms with Crippen LogP contribution in [0.5, 0.6) is 0 Å². The lowest BCUT2D eigenvalue weighted by molar-refractivity contribution is 0.0876. The maximum Gasteiger partial charge on any atom is 0.225 e. The van der Waals surface area contributed by atoms with Gasteiger partial charge in [-0.3, -0.25) is 4.90 Å². The molecule has 2 saturated heterocycles. The summed E-state index contributed by atoms with van der Waals surface area (Å²) >= 11 is 0. The number of rotatable bonds is 7. The van der Waals surface area contributed by atoms with Crippen molar-refractivity contribution in [3.63, 3.8) is 0 Å². The quantitative estimate of drug-likeness (QED) is 0.682. The van der Waals surface area contributed by atoms with Gasteiger partial charge in [0.15, 0.2) is 0 Å². The smallest absolute Gasteiger partial charge is 0.225 e. The molecule has 1 aromatic heterocycles. The van der Waals surface area contributed by atoms with Crippen molar-refractivity contribution in [3.05, 3.63) is 18.0 Å². The molecule has 2 aliphatic heterocycles. The van der Waals surface area contributed by atoms with E-state index >= 15 is 0 Å². The van der Waals surface area contributed by atoms with Gasteiger partial charge in [0.1, 0.15) is 0 Å². The largest absolute Gasteiger partial charge is 0.332 e.